The van der Waals surface area contributed by atoms with Crippen LogP contribution in [0, 0.1) is 11.3 Å². The number of carbonyl (C=O) groups is 1. The lowest BCUT2D eigenvalue weighted by atomic mass is 10.0. The predicted octanol–water partition coefficient (Wildman–Crippen LogP) is 0.458. The molecule has 18 heavy (non-hydrogen) atoms. The Kier molecular flexibility index (Phi) is 5.11. The molecule has 2 atom stereocenters. The first-order chi connectivity index (χ1) is 8.54. The molecule has 0 amide bonds. The van der Waals surface area contributed by atoms with Crippen molar-refractivity contribution in [2.75, 3.05) is 6.61 Å². The molecule has 1 aromatic rings. The molecule has 0 aliphatic carbocycles. The first kappa shape index (κ1) is 14.0. The van der Waals surface area contributed by atoms with Crippen molar-refractivity contribution in [1.29, 1.82) is 5.26 Å². The Morgan fingerprint density at radius 1 is 1.33 bits per heavy atom. The van der Waals surface area contributed by atoms with Crippen molar-refractivity contribution in [3.8, 4) is 11.8 Å². The number of rotatable bonds is 6. The van der Waals surface area contributed by atoms with Crippen LogP contribution in [0.25, 0.3) is 0 Å². The van der Waals surface area contributed by atoms with Gasteiger partial charge in [0.1, 0.15) is 11.9 Å². The molecule has 96 valence electrons. The molecule has 0 saturated heterocycles. The van der Waals surface area contributed by atoms with Crippen molar-refractivity contribution < 1.29 is 24.9 Å². The van der Waals surface area contributed by atoms with Gasteiger partial charge in [0.2, 0.25) is 0 Å². The van der Waals surface area contributed by atoms with Crippen LogP contribution in [-0.4, -0.2) is 34.0 Å². The van der Waals surface area contributed by atoms with Crippen molar-refractivity contribution in [1.82, 2.24) is 0 Å². The van der Waals surface area contributed by atoms with E-state index in [1.54, 1.807) is 6.07 Å². The van der Waals surface area contributed by atoms with Gasteiger partial charge in [-0.1, -0.05) is 12.1 Å². The highest BCUT2D eigenvalue weighted by molar-refractivity contribution is 5.68. The standard InChI is InChI=1S/C12H13NO5/c13-6-5-10(14)12(17)8-1-3-9(4-2-8)18-7-11(15)16/h1-4,10,12,14,17H,5,7H2,(H,15,16). The number of benzene rings is 1. The number of aliphatic hydroxyl groups excluding tert-OH is 2. The number of aliphatic hydroxyl groups is 2. The van der Waals surface area contributed by atoms with Gasteiger partial charge in [0.15, 0.2) is 6.61 Å². The van der Waals surface area contributed by atoms with Crippen LogP contribution < -0.4 is 4.74 Å². The van der Waals surface area contributed by atoms with E-state index in [0.717, 1.165) is 0 Å². The molecule has 3 N–H and O–H groups in total. The van der Waals surface area contributed by atoms with Crippen molar-refractivity contribution in [3.63, 3.8) is 0 Å². The average molecular weight is 251 g/mol. The minimum atomic E-state index is -1.15. The zero-order chi connectivity index (χ0) is 13.5. The first-order valence-corrected chi connectivity index (χ1v) is 5.22. The van der Waals surface area contributed by atoms with E-state index >= 15 is 0 Å². The molecule has 0 fully saturated rings. The zero-order valence-electron chi connectivity index (χ0n) is 9.48. The topological polar surface area (TPSA) is 111 Å². The molecule has 1 aromatic carbocycles. The zero-order valence-corrected chi connectivity index (χ0v) is 9.48. The van der Waals surface area contributed by atoms with E-state index < -0.39 is 24.8 Å². The normalized spacial score (nSPS) is 13.4. The molecular formula is C12H13NO5. The third kappa shape index (κ3) is 4.05. The molecule has 0 spiro atoms. The van der Waals surface area contributed by atoms with Crippen molar-refractivity contribution in [3.05, 3.63) is 29.8 Å². The molecule has 6 nitrogen and oxygen atoms in total. The maximum absolute atomic E-state index is 10.3. The lowest BCUT2D eigenvalue weighted by Crippen LogP contribution is -2.17. The SMILES string of the molecule is N#CCC(O)C(O)c1ccc(OCC(=O)O)cc1. The van der Waals surface area contributed by atoms with Gasteiger partial charge in [-0.3, -0.25) is 0 Å². The van der Waals surface area contributed by atoms with Crippen molar-refractivity contribution >= 4 is 5.97 Å². The quantitative estimate of drug-likeness (QED) is 0.677. The van der Waals surface area contributed by atoms with Gasteiger partial charge in [0.05, 0.1) is 18.6 Å². The van der Waals surface area contributed by atoms with Gasteiger partial charge >= 0.3 is 5.97 Å². The molecule has 0 aliphatic rings. The minimum Gasteiger partial charge on any atom is -0.482 e. The van der Waals surface area contributed by atoms with Crippen molar-refractivity contribution in [2.24, 2.45) is 0 Å². The average Bonchev–Trinajstić information content (AvgIpc) is 2.36. The van der Waals surface area contributed by atoms with E-state index in [-0.39, 0.29) is 6.42 Å². The molecule has 0 heterocycles. The molecule has 1 rings (SSSR count). The number of carboxylic acid groups (broad SMARTS) is 1. The molecule has 2 unspecified atom stereocenters. The van der Waals surface area contributed by atoms with Gasteiger partial charge in [-0.15, -0.1) is 0 Å². The summed E-state index contributed by atoms with van der Waals surface area (Å²) in [4.78, 5) is 10.3. The van der Waals surface area contributed by atoms with Crippen molar-refractivity contribution in [2.45, 2.75) is 18.6 Å². The van der Waals surface area contributed by atoms with Crippen LogP contribution in [0.2, 0.25) is 0 Å². The van der Waals surface area contributed by atoms with Crippen LogP contribution in [0.3, 0.4) is 0 Å². The van der Waals surface area contributed by atoms with Crippen LogP contribution in [0.1, 0.15) is 18.1 Å². The van der Waals surface area contributed by atoms with E-state index in [1.165, 1.54) is 24.3 Å². The first-order valence-electron chi connectivity index (χ1n) is 5.22. The van der Waals surface area contributed by atoms with Crippen LogP contribution in [-0.2, 0) is 4.79 Å². The molecule has 0 aliphatic heterocycles. The predicted molar refractivity (Wildman–Crippen MR) is 60.8 cm³/mol. The Bertz CT molecular complexity index is 437. The Morgan fingerprint density at radius 2 is 1.94 bits per heavy atom. The van der Waals surface area contributed by atoms with Crippen LogP contribution in [0.4, 0.5) is 0 Å². The Labute approximate surface area is 104 Å². The third-order valence-corrected chi connectivity index (χ3v) is 2.25. The number of aliphatic carboxylic acids is 1. The van der Waals surface area contributed by atoms with E-state index in [9.17, 15) is 15.0 Å². The number of hydrogen-bond donors (Lipinski definition) is 3. The van der Waals surface area contributed by atoms with Gasteiger partial charge < -0.3 is 20.1 Å². The summed E-state index contributed by atoms with van der Waals surface area (Å²) in [5.41, 5.74) is 0.431. The number of carboxylic acids is 1. The highest BCUT2D eigenvalue weighted by atomic mass is 16.5. The highest BCUT2D eigenvalue weighted by Gasteiger charge is 2.17. The van der Waals surface area contributed by atoms with E-state index in [4.69, 9.17) is 15.1 Å². The second kappa shape index (κ2) is 6.59. The minimum absolute atomic E-state index is 0.168. The van der Waals surface area contributed by atoms with Gasteiger partial charge in [-0.25, -0.2) is 4.79 Å². The summed E-state index contributed by atoms with van der Waals surface area (Å²) >= 11 is 0. The monoisotopic (exact) mass is 251 g/mol. The van der Waals surface area contributed by atoms with Crippen LogP contribution >= 0.6 is 0 Å². The molecule has 0 saturated carbocycles. The fraction of sp³-hybridized carbons (Fsp3) is 0.333. The summed E-state index contributed by atoms with van der Waals surface area (Å²) in [5.74, 6) is -0.730. The third-order valence-electron chi connectivity index (χ3n) is 2.25. The maximum Gasteiger partial charge on any atom is 0.341 e. The summed E-state index contributed by atoms with van der Waals surface area (Å²) in [6, 6.07) is 7.74. The Hall–Kier alpha value is -2.10. The maximum atomic E-state index is 10.3. The van der Waals surface area contributed by atoms with E-state index in [1.807, 2.05) is 0 Å². The van der Waals surface area contributed by atoms with Gasteiger partial charge in [-0.05, 0) is 17.7 Å². The number of nitriles is 1. The Balaban J connectivity index is 2.65. The molecular weight excluding hydrogens is 238 g/mol. The summed E-state index contributed by atoms with van der Waals surface area (Å²) in [5, 5.41) is 36.0. The second-order valence-corrected chi connectivity index (χ2v) is 3.63. The lowest BCUT2D eigenvalue weighted by Gasteiger charge is -2.15. The smallest absolute Gasteiger partial charge is 0.341 e. The summed E-state index contributed by atoms with van der Waals surface area (Å²) in [6.45, 7) is -0.445. The molecule has 0 aromatic heterocycles. The summed E-state index contributed by atoms with van der Waals surface area (Å²) in [6.07, 6.45) is -2.47. The van der Waals surface area contributed by atoms with Gasteiger partial charge in [0, 0.05) is 0 Å². The van der Waals surface area contributed by atoms with Crippen LogP contribution in [0.5, 0.6) is 5.75 Å². The highest BCUT2D eigenvalue weighted by Crippen LogP contribution is 2.21. The summed E-state index contributed by atoms with van der Waals surface area (Å²) < 4.78 is 4.91. The largest absolute Gasteiger partial charge is 0.482 e. The lowest BCUT2D eigenvalue weighted by molar-refractivity contribution is -0.139. The van der Waals surface area contributed by atoms with E-state index in [0.29, 0.717) is 11.3 Å². The number of ether oxygens (including phenoxy) is 1. The fourth-order valence-corrected chi connectivity index (χ4v) is 1.33. The molecule has 6 heteroatoms. The fourth-order valence-electron chi connectivity index (χ4n) is 1.33. The molecule has 0 radical (unpaired) electrons. The second-order valence-electron chi connectivity index (χ2n) is 3.63. The number of nitrogens with zero attached hydrogens (tertiary/aromatic N) is 1. The van der Waals surface area contributed by atoms with Gasteiger partial charge in [0.25, 0.3) is 0 Å². The van der Waals surface area contributed by atoms with Gasteiger partial charge in [-0.2, -0.15) is 5.26 Å². The Morgan fingerprint density at radius 3 is 2.44 bits per heavy atom. The molecule has 0 bridgehead atoms. The number of hydrogen-bond acceptors (Lipinski definition) is 5. The van der Waals surface area contributed by atoms with E-state index in [2.05, 4.69) is 0 Å². The van der Waals surface area contributed by atoms with Crippen LogP contribution in [0.15, 0.2) is 24.3 Å². The summed E-state index contributed by atoms with van der Waals surface area (Å²) in [7, 11) is 0.